The lowest BCUT2D eigenvalue weighted by Crippen LogP contribution is -2.20. The third kappa shape index (κ3) is 4.17. The van der Waals surface area contributed by atoms with Crippen molar-refractivity contribution in [1.29, 1.82) is 0 Å². The molecular formula is C19H27N3O2. The van der Waals surface area contributed by atoms with Crippen molar-refractivity contribution in [3.05, 3.63) is 47.3 Å². The van der Waals surface area contributed by atoms with Gasteiger partial charge in [-0.25, -0.2) is 0 Å². The highest BCUT2D eigenvalue weighted by Crippen LogP contribution is 2.25. The van der Waals surface area contributed by atoms with Gasteiger partial charge in [-0.05, 0) is 53.1 Å². The van der Waals surface area contributed by atoms with Crippen molar-refractivity contribution < 1.29 is 9.53 Å². The zero-order valence-electron chi connectivity index (χ0n) is 15.2. The summed E-state index contributed by atoms with van der Waals surface area (Å²) in [6.07, 6.45) is 0. The number of carbonyl (C=O) groups is 1. The summed E-state index contributed by atoms with van der Waals surface area (Å²) in [6, 6.07) is 9.45. The van der Waals surface area contributed by atoms with Crippen LogP contribution < -0.4 is 10.1 Å². The summed E-state index contributed by atoms with van der Waals surface area (Å²) < 4.78 is 7.76. The van der Waals surface area contributed by atoms with Crippen LogP contribution in [0.15, 0.2) is 30.3 Å². The van der Waals surface area contributed by atoms with E-state index in [1.807, 2.05) is 65.2 Å². The maximum Gasteiger partial charge on any atom is 0.257 e. The molecule has 0 saturated heterocycles. The van der Waals surface area contributed by atoms with E-state index in [2.05, 4.69) is 14.8 Å². The van der Waals surface area contributed by atoms with E-state index in [0.717, 1.165) is 24.5 Å². The van der Waals surface area contributed by atoms with Crippen LogP contribution in [0.2, 0.25) is 0 Å². The molecule has 1 aromatic carbocycles. The summed E-state index contributed by atoms with van der Waals surface area (Å²) in [4.78, 5) is 14.8. The summed E-state index contributed by atoms with van der Waals surface area (Å²) in [6.45, 7) is 8.32. The van der Waals surface area contributed by atoms with E-state index in [1.54, 1.807) is 0 Å². The van der Waals surface area contributed by atoms with E-state index < -0.39 is 0 Å². The second-order valence-electron chi connectivity index (χ2n) is 6.12. The van der Waals surface area contributed by atoms with Crippen molar-refractivity contribution in [3.8, 4) is 5.75 Å². The number of rotatable bonds is 7. The number of benzene rings is 1. The third-order valence-electron chi connectivity index (χ3n) is 4.02. The van der Waals surface area contributed by atoms with Crippen LogP contribution in [0.1, 0.15) is 28.7 Å². The minimum Gasteiger partial charge on any atom is -0.492 e. The van der Waals surface area contributed by atoms with Crippen LogP contribution in [0.25, 0.3) is 0 Å². The number of likely N-dealkylation sites (N-methyl/N-ethyl adjacent to an activating group) is 1. The van der Waals surface area contributed by atoms with E-state index in [9.17, 15) is 4.79 Å². The number of hydrogen-bond donors (Lipinski definition) is 1. The molecule has 5 nitrogen and oxygen atoms in total. The Morgan fingerprint density at radius 2 is 1.96 bits per heavy atom. The monoisotopic (exact) mass is 329 g/mol. The first-order valence-corrected chi connectivity index (χ1v) is 8.28. The number of nitrogens with one attached hydrogen (secondary N) is 1. The number of hydrogen-bond acceptors (Lipinski definition) is 3. The van der Waals surface area contributed by atoms with Gasteiger partial charge >= 0.3 is 0 Å². The van der Waals surface area contributed by atoms with Crippen molar-refractivity contribution in [2.45, 2.75) is 27.3 Å². The average Bonchev–Trinajstić information content (AvgIpc) is 2.82. The summed E-state index contributed by atoms with van der Waals surface area (Å²) in [7, 11) is 4.10. The van der Waals surface area contributed by atoms with Crippen LogP contribution >= 0.6 is 0 Å². The molecule has 1 N–H and O–H groups in total. The molecule has 0 atom stereocenters. The summed E-state index contributed by atoms with van der Waals surface area (Å²) >= 11 is 0. The molecule has 0 aliphatic carbocycles. The lowest BCUT2D eigenvalue weighted by molar-refractivity contribution is 0.102. The Hall–Kier alpha value is -2.27. The number of ether oxygens (including phenoxy) is 1. The number of aryl methyl sites for hydroxylation is 1. The van der Waals surface area contributed by atoms with Gasteiger partial charge in [-0.15, -0.1) is 0 Å². The minimum absolute atomic E-state index is 0.105. The molecule has 1 heterocycles. The lowest BCUT2D eigenvalue weighted by Gasteiger charge is -2.14. The first-order chi connectivity index (χ1) is 11.4. The van der Waals surface area contributed by atoms with Gasteiger partial charge in [0.25, 0.3) is 5.91 Å². The summed E-state index contributed by atoms with van der Waals surface area (Å²) in [5.74, 6) is 0.584. The fourth-order valence-electron chi connectivity index (χ4n) is 2.72. The third-order valence-corrected chi connectivity index (χ3v) is 4.02. The van der Waals surface area contributed by atoms with Gasteiger partial charge in [-0.2, -0.15) is 0 Å². The highest BCUT2D eigenvalue weighted by Gasteiger charge is 2.17. The maximum atomic E-state index is 12.7. The number of nitrogens with zero attached hydrogens (tertiary/aromatic N) is 2. The first kappa shape index (κ1) is 18.1. The Morgan fingerprint density at radius 3 is 2.62 bits per heavy atom. The standard InChI is InChI=1S/C19H27N3O2/c1-6-24-18-10-8-7-9-17(18)20-19(23)16-13-14(2)22(15(16)3)12-11-21(4)5/h7-10,13H,6,11-12H2,1-5H3,(H,20,23). The largest absolute Gasteiger partial charge is 0.492 e. The average molecular weight is 329 g/mol. The predicted molar refractivity (Wildman–Crippen MR) is 98.0 cm³/mol. The Kier molecular flexibility index (Phi) is 6.04. The second-order valence-corrected chi connectivity index (χ2v) is 6.12. The van der Waals surface area contributed by atoms with Gasteiger partial charge in [0.1, 0.15) is 5.75 Å². The number of aromatic nitrogens is 1. The summed E-state index contributed by atoms with van der Waals surface area (Å²) in [5.41, 5.74) is 3.48. The molecule has 5 heteroatoms. The van der Waals surface area contributed by atoms with Gasteiger partial charge in [0.2, 0.25) is 0 Å². The van der Waals surface area contributed by atoms with Crippen molar-refractivity contribution in [3.63, 3.8) is 0 Å². The highest BCUT2D eigenvalue weighted by atomic mass is 16.5. The van der Waals surface area contributed by atoms with Gasteiger partial charge in [-0.3, -0.25) is 4.79 Å². The normalized spacial score (nSPS) is 10.9. The van der Waals surface area contributed by atoms with Crippen molar-refractivity contribution in [2.75, 3.05) is 32.6 Å². The number of anilines is 1. The molecule has 130 valence electrons. The van der Waals surface area contributed by atoms with Crippen LogP contribution in [0.4, 0.5) is 5.69 Å². The fourth-order valence-corrected chi connectivity index (χ4v) is 2.72. The van der Waals surface area contributed by atoms with E-state index in [4.69, 9.17) is 4.74 Å². The Bertz CT molecular complexity index is 705. The van der Waals surface area contributed by atoms with Crippen LogP contribution in [-0.4, -0.2) is 42.6 Å². The molecule has 1 aromatic heterocycles. The van der Waals surface area contributed by atoms with E-state index in [0.29, 0.717) is 23.6 Å². The molecule has 0 radical (unpaired) electrons. The lowest BCUT2D eigenvalue weighted by atomic mass is 10.2. The van der Waals surface area contributed by atoms with Crippen LogP contribution in [0.5, 0.6) is 5.75 Å². The molecule has 2 rings (SSSR count). The molecule has 0 aliphatic rings. The number of amides is 1. The quantitative estimate of drug-likeness (QED) is 0.847. The van der Waals surface area contributed by atoms with Gasteiger partial charge in [0.15, 0.2) is 0 Å². The molecule has 0 spiro atoms. The molecule has 0 fully saturated rings. The fraction of sp³-hybridized carbons (Fsp3) is 0.421. The highest BCUT2D eigenvalue weighted by molar-refractivity contribution is 6.06. The predicted octanol–water partition coefficient (Wildman–Crippen LogP) is 3.32. The van der Waals surface area contributed by atoms with E-state index in [-0.39, 0.29) is 5.91 Å². The smallest absolute Gasteiger partial charge is 0.257 e. The van der Waals surface area contributed by atoms with Crippen LogP contribution in [0, 0.1) is 13.8 Å². The molecule has 24 heavy (non-hydrogen) atoms. The Morgan fingerprint density at radius 1 is 1.25 bits per heavy atom. The molecule has 0 unspecified atom stereocenters. The molecule has 0 bridgehead atoms. The van der Waals surface area contributed by atoms with Crippen LogP contribution in [-0.2, 0) is 6.54 Å². The molecule has 0 aliphatic heterocycles. The van der Waals surface area contributed by atoms with Gasteiger partial charge in [0, 0.05) is 24.5 Å². The second kappa shape index (κ2) is 8.02. The van der Waals surface area contributed by atoms with Gasteiger partial charge in [-0.1, -0.05) is 12.1 Å². The van der Waals surface area contributed by atoms with Gasteiger partial charge < -0.3 is 19.5 Å². The number of para-hydroxylation sites is 2. The minimum atomic E-state index is -0.105. The molecular weight excluding hydrogens is 302 g/mol. The SMILES string of the molecule is CCOc1ccccc1NC(=O)c1cc(C)n(CCN(C)C)c1C. The number of carbonyl (C=O) groups excluding carboxylic acids is 1. The van der Waals surface area contributed by atoms with Gasteiger partial charge in [0.05, 0.1) is 17.9 Å². The van der Waals surface area contributed by atoms with E-state index in [1.165, 1.54) is 0 Å². The van der Waals surface area contributed by atoms with Crippen LogP contribution in [0.3, 0.4) is 0 Å². The molecule has 2 aromatic rings. The topological polar surface area (TPSA) is 46.5 Å². The summed E-state index contributed by atoms with van der Waals surface area (Å²) in [5, 5.41) is 2.97. The molecule has 1 amide bonds. The zero-order valence-corrected chi connectivity index (χ0v) is 15.2. The zero-order chi connectivity index (χ0) is 17.7. The Labute approximate surface area is 144 Å². The van der Waals surface area contributed by atoms with Crippen molar-refractivity contribution in [2.24, 2.45) is 0 Å². The van der Waals surface area contributed by atoms with E-state index >= 15 is 0 Å². The Balaban J connectivity index is 2.20. The molecule has 0 saturated carbocycles. The maximum absolute atomic E-state index is 12.7. The first-order valence-electron chi connectivity index (χ1n) is 8.28. The van der Waals surface area contributed by atoms with Crippen molar-refractivity contribution >= 4 is 11.6 Å². The van der Waals surface area contributed by atoms with Crippen molar-refractivity contribution in [1.82, 2.24) is 9.47 Å².